The molecule has 25 heavy (non-hydrogen) atoms. The van der Waals surface area contributed by atoms with E-state index in [9.17, 15) is 0 Å². The molecule has 0 bridgehead atoms. The molecule has 128 valence electrons. The van der Waals surface area contributed by atoms with Crippen molar-refractivity contribution < 1.29 is 4.74 Å². The van der Waals surface area contributed by atoms with Crippen LogP contribution in [0.25, 0.3) is 10.9 Å². The topological polar surface area (TPSA) is 35.0 Å². The van der Waals surface area contributed by atoms with Gasteiger partial charge in [-0.25, -0.2) is 4.98 Å². The lowest BCUT2D eigenvalue weighted by Gasteiger charge is -2.29. The number of nitrogens with zero attached hydrogens (tertiary/aromatic N) is 2. The third kappa shape index (κ3) is 3.80. The van der Waals surface area contributed by atoms with E-state index in [0.29, 0.717) is 17.0 Å². The van der Waals surface area contributed by atoms with Crippen molar-refractivity contribution in [2.24, 2.45) is 0 Å². The van der Waals surface area contributed by atoms with Gasteiger partial charge in [0.25, 0.3) is 0 Å². The van der Waals surface area contributed by atoms with Crippen LogP contribution in [-0.2, 0) is 0 Å². The van der Waals surface area contributed by atoms with Crippen LogP contribution in [0, 0.1) is 0 Å². The Morgan fingerprint density at radius 2 is 1.80 bits per heavy atom. The first kappa shape index (κ1) is 16.8. The molecule has 1 saturated carbocycles. The van der Waals surface area contributed by atoms with Crippen molar-refractivity contribution in [1.82, 2.24) is 9.97 Å². The van der Waals surface area contributed by atoms with E-state index in [4.69, 9.17) is 16.3 Å². The third-order valence-electron chi connectivity index (χ3n) is 4.80. The van der Waals surface area contributed by atoms with Gasteiger partial charge >= 0.3 is 0 Å². The smallest absolute Gasteiger partial charge is 0.224 e. The molecule has 1 aromatic carbocycles. The zero-order chi connectivity index (χ0) is 17.2. The Morgan fingerprint density at radius 1 is 1.04 bits per heavy atom. The van der Waals surface area contributed by atoms with Gasteiger partial charge in [-0.3, -0.25) is 4.98 Å². The van der Waals surface area contributed by atoms with E-state index in [0.717, 1.165) is 41.1 Å². The Hall–Kier alpha value is -1.65. The average Bonchev–Trinajstić information content (AvgIpc) is 2.64. The normalized spacial score (nSPS) is 20.6. The Balaban J connectivity index is 1.50. The van der Waals surface area contributed by atoms with Crippen LogP contribution >= 0.6 is 27.5 Å². The van der Waals surface area contributed by atoms with Crippen molar-refractivity contribution in [3.05, 3.63) is 63.9 Å². The second-order valence-corrected chi connectivity index (χ2v) is 7.78. The summed E-state index contributed by atoms with van der Waals surface area (Å²) in [5.41, 5.74) is 2.23. The predicted octanol–water partition coefficient (Wildman–Crippen LogP) is 6.15. The van der Waals surface area contributed by atoms with Gasteiger partial charge in [-0.1, -0.05) is 41.9 Å². The first-order valence-corrected chi connectivity index (χ1v) is 9.69. The molecule has 0 unspecified atom stereocenters. The molecule has 0 N–H and O–H groups in total. The van der Waals surface area contributed by atoms with Crippen LogP contribution in [-0.4, -0.2) is 16.1 Å². The number of benzene rings is 1. The van der Waals surface area contributed by atoms with Crippen LogP contribution in [0.2, 0.25) is 5.15 Å². The Morgan fingerprint density at radius 3 is 2.56 bits per heavy atom. The number of ether oxygens (including phenoxy) is 1. The van der Waals surface area contributed by atoms with E-state index in [1.807, 2.05) is 6.07 Å². The van der Waals surface area contributed by atoms with Crippen molar-refractivity contribution in [2.45, 2.75) is 37.7 Å². The number of fused-ring (bicyclic) bond motifs is 1. The second-order valence-electron chi connectivity index (χ2n) is 6.47. The van der Waals surface area contributed by atoms with Crippen molar-refractivity contribution in [1.29, 1.82) is 0 Å². The molecule has 2 heterocycles. The van der Waals surface area contributed by atoms with E-state index in [-0.39, 0.29) is 6.10 Å². The van der Waals surface area contributed by atoms with Crippen molar-refractivity contribution in [3.8, 4) is 5.88 Å². The van der Waals surface area contributed by atoms with Gasteiger partial charge in [-0.2, -0.15) is 0 Å². The zero-order valence-electron chi connectivity index (χ0n) is 13.7. The summed E-state index contributed by atoms with van der Waals surface area (Å²) in [6.07, 6.45) is 6.25. The molecule has 0 amide bonds. The minimum Gasteiger partial charge on any atom is -0.474 e. The van der Waals surface area contributed by atoms with Gasteiger partial charge < -0.3 is 4.74 Å². The van der Waals surface area contributed by atoms with Gasteiger partial charge in [-0.15, -0.1) is 0 Å². The molecule has 4 rings (SSSR count). The first-order chi connectivity index (χ1) is 12.2. The SMILES string of the molecule is Clc1cc2ncc(Br)cc2c(O[C@H]2CC[C@@H](c3ccccc3)CC2)n1. The second kappa shape index (κ2) is 7.30. The van der Waals surface area contributed by atoms with Gasteiger partial charge in [0.1, 0.15) is 11.3 Å². The van der Waals surface area contributed by atoms with Crippen molar-refractivity contribution in [3.63, 3.8) is 0 Å². The number of halogens is 2. The highest BCUT2D eigenvalue weighted by atomic mass is 79.9. The summed E-state index contributed by atoms with van der Waals surface area (Å²) < 4.78 is 7.14. The van der Waals surface area contributed by atoms with E-state index in [2.05, 4.69) is 56.2 Å². The van der Waals surface area contributed by atoms with Crippen molar-refractivity contribution >= 4 is 38.4 Å². The number of pyridine rings is 2. The minimum atomic E-state index is 0.174. The van der Waals surface area contributed by atoms with Crippen LogP contribution in [0.5, 0.6) is 5.88 Å². The van der Waals surface area contributed by atoms with Crippen LogP contribution in [0.3, 0.4) is 0 Å². The van der Waals surface area contributed by atoms with Gasteiger partial charge in [-0.05, 0) is 59.2 Å². The fourth-order valence-corrected chi connectivity index (χ4v) is 4.04. The van der Waals surface area contributed by atoms with Crippen LogP contribution in [0.1, 0.15) is 37.2 Å². The van der Waals surface area contributed by atoms with Crippen LogP contribution in [0.4, 0.5) is 0 Å². The Bertz CT molecular complexity index is 880. The van der Waals surface area contributed by atoms with E-state index in [1.54, 1.807) is 12.3 Å². The minimum absolute atomic E-state index is 0.174. The average molecular weight is 418 g/mol. The third-order valence-corrected chi connectivity index (χ3v) is 5.43. The molecule has 3 nitrogen and oxygen atoms in total. The highest BCUT2D eigenvalue weighted by molar-refractivity contribution is 9.10. The maximum atomic E-state index is 6.23. The van der Waals surface area contributed by atoms with Gasteiger partial charge in [0.2, 0.25) is 5.88 Å². The number of aromatic nitrogens is 2. The highest BCUT2D eigenvalue weighted by Gasteiger charge is 2.24. The molecule has 0 atom stereocenters. The Kier molecular flexibility index (Phi) is 4.91. The quantitative estimate of drug-likeness (QED) is 0.479. The summed E-state index contributed by atoms with van der Waals surface area (Å²) in [5.74, 6) is 1.21. The first-order valence-electron chi connectivity index (χ1n) is 8.52. The lowest BCUT2D eigenvalue weighted by atomic mass is 9.83. The van der Waals surface area contributed by atoms with E-state index in [1.165, 1.54) is 5.56 Å². The summed E-state index contributed by atoms with van der Waals surface area (Å²) in [6.45, 7) is 0. The summed E-state index contributed by atoms with van der Waals surface area (Å²) >= 11 is 9.61. The molecular formula is C20H18BrClN2O. The molecule has 5 heteroatoms. The number of rotatable bonds is 3. The molecular weight excluding hydrogens is 400 g/mol. The highest BCUT2D eigenvalue weighted by Crippen LogP contribution is 2.36. The van der Waals surface area contributed by atoms with Gasteiger partial charge in [0.05, 0.1) is 10.9 Å². The molecule has 1 aliphatic carbocycles. The summed E-state index contributed by atoms with van der Waals surface area (Å²) in [7, 11) is 0. The van der Waals surface area contributed by atoms with Crippen LogP contribution < -0.4 is 4.74 Å². The fourth-order valence-electron chi connectivity index (χ4n) is 3.53. The molecule has 3 aromatic rings. The van der Waals surface area contributed by atoms with Crippen molar-refractivity contribution in [2.75, 3.05) is 0 Å². The molecule has 0 saturated heterocycles. The van der Waals surface area contributed by atoms with Gasteiger partial charge in [0, 0.05) is 16.7 Å². The molecule has 2 aromatic heterocycles. The molecule has 1 fully saturated rings. The maximum absolute atomic E-state index is 6.23. The largest absolute Gasteiger partial charge is 0.474 e. The predicted molar refractivity (Wildman–Crippen MR) is 104 cm³/mol. The van der Waals surface area contributed by atoms with E-state index < -0.39 is 0 Å². The molecule has 1 aliphatic rings. The molecule has 0 aliphatic heterocycles. The zero-order valence-corrected chi connectivity index (χ0v) is 16.0. The molecule has 0 spiro atoms. The lowest BCUT2D eigenvalue weighted by molar-refractivity contribution is 0.142. The van der Waals surface area contributed by atoms with Gasteiger partial charge in [0.15, 0.2) is 0 Å². The van der Waals surface area contributed by atoms with Crippen LogP contribution in [0.15, 0.2) is 53.1 Å². The lowest BCUT2D eigenvalue weighted by Crippen LogP contribution is -2.23. The maximum Gasteiger partial charge on any atom is 0.224 e. The Labute approximate surface area is 160 Å². The number of hydrogen-bond donors (Lipinski definition) is 0. The summed E-state index contributed by atoms with van der Waals surface area (Å²) in [5, 5.41) is 1.30. The summed E-state index contributed by atoms with van der Waals surface area (Å²) in [4.78, 5) is 8.79. The summed E-state index contributed by atoms with van der Waals surface area (Å²) in [6, 6.07) is 14.5. The fraction of sp³-hybridized carbons (Fsp3) is 0.300. The molecule has 0 radical (unpaired) electrons. The standard InChI is InChI=1S/C20H18BrClN2O/c21-15-10-17-18(23-12-15)11-19(22)24-20(17)25-16-8-6-14(7-9-16)13-4-2-1-3-5-13/h1-5,10-12,14,16H,6-9H2/t14-,16+. The van der Waals surface area contributed by atoms with E-state index >= 15 is 0 Å². The number of hydrogen-bond acceptors (Lipinski definition) is 3. The monoisotopic (exact) mass is 416 g/mol.